The van der Waals surface area contributed by atoms with E-state index in [1.165, 1.54) is 22.2 Å². The van der Waals surface area contributed by atoms with Gasteiger partial charge < -0.3 is 10.3 Å². The van der Waals surface area contributed by atoms with Crippen LogP contribution in [-0.4, -0.2) is 9.97 Å². The molecule has 29 heavy (non-hydrogen) atoms. The molecule has 0 radical (unpaired) electrons. The summed E-state index contributed by atoms with van der Waals surface area (Å²) in [5.74, 6) is 0.948. The monoisotopic (exact) mass is 383 g/mol. The molecule has 0 saturated carbocycles. The lowest BCUT2D eigenvalue weighted by Crippen LogP contribution is -2.08. The van der Waals surface area contributed by atoms with Crippen LogP contribution >= 0.6 is 0 Å². The first kappa shape index (κ1) is 19.3. The summed E-state index contributed by atoms with van der Waals surface area (Å²) >= 11 is 0. The Morgan fingerprint density at radius 3 is 2.21 bits per heavy atom. The summed E-state index contributed by atoms with van der Waals surface area (Å²) in [7, 11) is 0. The van der Waals surface area contributed by atoms with E-state index in [0.29, 0.717) is 18.4 Å². The maximum absolute atomic E-state index is 4.91. The molecule has 2 heterocycles. The van der Waals surface area contributed by atoms with Gasteiger partial charge in [-0.3, -0.25) is 0 Å². The highest BCUT2D eigenvalue weighted by atomic mass is 14.9. The van der Waals surface area contributed by atoms with Gasteiger partial charge in [0, 0.05) is 16.6 Å². The van der Waals surface area contributed by atoms with Gasteiger partial charge in [-0.25, -0.2) is 4.98 Å². The summed E-state index contributed by atoms with van der Waals surface area (Å²) in [6, 6.07) is 23.4. The third-order valence-electron chi connectivity index (χ3n) is 5.43. The Kier molecular flexibility index (Phi) is 5.39. The lowest BCUT2D eigenvalue weighted by Gasteiger charge is -2.21. The molecule has 3 nitrogen and oxygen atoms in total. The van der Waals surface area contributed by atoms with Crippen molar-refractivity contribution in [2.45, 2.75) is 46.1 Å². The summed E-state index contributed by atoms with van der Waals surface area (Å²) < 4.78 is 0. The van der Waals surface area contributed by atoms with Crippen molar-refractivity contribution in [2.75, 3.05) is 5.32 Å². The SMILES string of the molecule is CC(C)c1cccc(C(C)C)c1NCc1cccc(-c2cc3ccccc3[nH]2)n1. The predicted molar refractivity (Wildman–Crippen MR) is 123 cm³/mol. The second kappa shape index (κ2) is 8.12. The number of para-hydroxylation sites is 2. The van der Waals surface area contributed by atoms with E-state index in [4.69, 9.17) is 4.98 Å². The zero-order valence-electron chi connectivity index (χ0n) is 17.7. The standard InChI is InChI=1S/C26H29N3/c1-17(2)21-11-8-12-22(18(3)4)26(21)27-16-20-10-7-14-24(28-20)25-15-19-9-5-6-13-23(19)29-25/h5-15,17-18,27,29H,16H2,1-4H3. The molecule has 0 aliphatic carbocycles. The summed E-state index contributed by atoms with van der Waals surface area (Å²) in [5, 5.41) is 4.90. The van der Waals surface area contributed by atoms with Gasteiger partial charge in [-0.05, 0) is 47.2 Å². The van der Waals surface area contributed by atoms with Crippen molar-refractivity contribution in [1.29, 1.82) is 0 Å². The van der Waals surface area contributed by atoms with Crippen molar-refractivity contribution in [3.05, 3.63) is 83.6 Å². The normalized spacial score (nSPS) is 11.5. The van der Waals surface area contributed by atoms with Crippen LogP contribution in [0.15, 0.2) is 66.7 Å². The molecule has 0 spiro atoms. The molecule has 0 bridgehead atoms. The van der Waals surface area contributed by atoms with E-state index in [1.807, 2.05) is 0 Å². The van der Waals surface area contributed by atoms with Gasteiger partial charge >= 0.3 is 0 Å². The van der Waals surface area contributed by atoms with E-state index in [9.17, 15) is 0 Å². The molecule has 4 rings (SSSR count). The van der Waals surface area contributed by atoms with Crippen LogP contribution in [0.2, 0.25) is 0 Å². The van der Waals surface area contributed by atoms with E-state index < -0.39 is 0 Å². The number of pyridine rings is 1. The highest BCUT2D eigenvalue weighted by Gasteiger charge is 2.14. The van der Waals surface area contributed by atoms with Crippen molar-refractivity contribution in [1.82, 2.24) is 9.97 Å². The summed E-state index contributed by atoms with van der Waals surface area (Å²) in [4.78, 5) is 8.39. The number of anilines is 1. The van der Waals surface area contributed by atoms with Gasteiger partial charge in [0.15, 0.2) is 0 Å². The summed E-state index contributed by atoms with van der Waals surface area (Å²) in [5.41, 5.74) is 8.19. The smallest absolute Gasteiger partial charge is 0.0868 e. The Morgan fingerprint density at radius 1 is 0.828 bits per heavy atom. The van der Waals surface area contributed by atoms with Crippen LogP contribution < -0.4 is 5.32 Å². The molecule has 0 unspecified atom stereocenters. The molecular formula is C26H29N3. The second-order valence-corrected chi connectivity index (χ2v) is 8.26. The molecule has 2 aromatic heterocycles. The quantitative estimate of drug-likeness (QED) is 0.373. The Hall–Kier alpha value is -3.07. The first-order valence-corrected chi connectivity index (χ1v) is 10.4. The number of nitrogens with zero attached hydrogens (tertiary/aromatic N) is 1. The van der Waals surface area contributed by atoms with Crippen LogP contribution in [-0.2, 0) is 6.54 Å². The van der Waals surface area contributed by atoms with E-state index >= 15 is 0 Å². The lowest BCUT2D eigenvalue weighted by atomic mass is 9.92. The number of hydrogen-bond donors (Lipinski definition) is 2. The van der Waals surface area contributed by atoms with Crippen LogP contribution in [0, 0.1) is 0 Å². The summed E-state index contributed by atoms with van der Waals surface area (Å²) in [6.45, 7) is 9.70. The van der Waals surface area contributed by atoms with Gasteiger partial charge in [0.05, 0.1) is 23.6 Å². The fourth-order valence-corrected chi connectivity index (χ4v) is 3.87. The largest absolute Gasteiger partial charge is 0.379 e. The van der Waals surface area contributed by atoms with Crippen molar-refractivity contribution in [3.8, 4) is 11.4 Å². The van der Waals surface area contributed by atoms with E-state index in [2.05, 4.69) is 105 Å². The minimum absolute atomic E-state index is 0.474. The predicted octanol–water partition coefficient (Wildman–Crippen LogP) is 7.09. The molecule has 2 aromatic carbocycles. The number of aromatic amines is 1. The molecule has 0 atom stereocenters. The molecule has 0 saturated heterocycles. The Morgan fingerprint density at radius 2 is 1.52 bits per heavy atom. The highest BCUT2D eigenvalue weighted by Crippen LogP contribution is 2.32. The number of H-pyrrole nitrogens is 1. The average Bonchev–Trinajstić information content (AvgIpc) is 3.16. The van der Waals surface area contributed by atoms with Gasteiger partial charge in [0.2, 0.25) is 0 Å². The highest BCUT2D eigenvalue weighted by molar-refractivity contribution is 5.85. The van der Waals surface area contributed by atoms with Crippen molar-refractivity contribution in [2.24, 2.45) is 0 Å². The van der Waals surface area contributed by atoms with Gasteiger partial charge in [-0.15, -0.1) is 0 Å². The minimum Gasteiger partial charge on any atom is -0.379 e. The van der Waals surface area contributed by atoms with Gasteiger partial charge in [-0.2, -0.15) is 0 Å². The molecule has 0 aliphatic heterocycles. The van der Waals surface area contributed by atoms with Crippen LogP contribution in [0.4, 0.5) is 5.69 Å². The van der Waals surface area contributed by atoms with Gasteiger partial charge in [0.25, 0.3) is 0 Å². The third kappa shape index (κ3) is 4.04. The second-order valence-electron chi connectivity index (χ2n) is 8.26. The summed E-state index contributed by atoms with van der Waals surface area (Å²) in [6.07, 6.45) is 0. The van der Waals surface area contributed by atoms with Crippen LogP contribution in [0.3, 0.4) is 0 Å². The first-order valence-electron chi connectivity index (χ1n) is 10.4. The number of hydrogen-bond acceptors (Lipinski definition) is 2. The molecule has 3 heteroatoms. The zero-order chi connectivity index (χ0) is 20.4. The first-order chi connectivity index (χ1) is 14.0. The Balaban J connectivity index is 1.61. The number of fused-ring (bicyclic) bond motifs is 1. The third-order valence-corrected chi connectivity index (χ3v) is 5.43. The fourth-order valence-electron chi connectivity index (χ4n) is 3.87. The van der Waals surface area contributed by atoms with Crippen LogP contribution in [0.5, 0.6) is 0 Å². The van der Waals surface area contributed by atoms with Crippen molar-refractivity contribution in [3.63, 3.8) is 0 Å². The molecular weight excluding hydrogens is 354 g/mol. The van der Waals surface area contributed by atoms with Crippen molar-refractivity contribution >= 4 is 16.6 Å². The maximum atomic E-state index is 4.91. The zero-order valence-corrected chi connectivity index (χ0v) is 17.7. The number of rotatable bonds is 6. The molecule has 0 amide bonds. The molecule has 148 valence electrons. The molecule has 0 aliphatic rings. The Bertz CT molecular complexity index is 1060. The van der Waals surface area contributed by atoms with E-state index in [-0.39, 0.29) is 0 Å². The maximum Gasteiger partial charge on any atom is 0.0868 e. The minimum atomic E-state index is 0.474. The Labute approximate surface area is 173 Å². The topological polar surface area (TPSA) is 40.7 Å². The number of nitrogens with one attached hydrogen (secondary N) is 2. The molecule has 4 aromatic rings. The van der Waals surface area contributed by atoms with E-state index in [0.717, 1.165) is 22.6 Å². The molecule has 0 fully saturated rings. The van der Waals surface area contributed by atoms with Crippen LogP contribution in [0.25, 0.3) is 22.3 Å². The fraction of sp³-hybridized carbons (Fsp3) is 0.269. The van der Waals surface area contributed by atoms with Gasteiger partial charge in [-0.1, -0.05) is 70.2 Å². The van der Waals surface area contributed by atoms with Gasteiger partial charge in [0.1, 0.15) is 0 Å². The van der Waals surface area contributed by atoms with Crippen LogP contribution in [0.1, 0.15) is 56.4 Å². The number of aromatic nitrogens is 2. The molecule has 2 N–H and O–H groups in total. The average molecular weight is 384 g/mol. The van der Waals surface area contributed by atoms with E-state index in [1.54, 1.807) is 0 Å². The lowest BCUT2D eigenvalue weighted by molar-refractivity contribution is 0.831. The van der Waals surface area contributed by atoms with Crippen molar-refractivity contribution < 1.29 is 0 Å². The number of benzene rings is 2.